The Hall–Kier alpha value is -1.71. The Morgan fingerprint density at radius 2 is 1.71 bits per heavy atom. The zero-order chi connectivity index (χ0) is 19.0. The van der Waals surface area contributed by atoms with Crippen LogP contribution in [0, 0.1) is 0 Å². The Bertz CT molecular complexity index is 831. The van der Waals surface area contributed by atoms with Crippen LogP contribution in [0.4, 0.5) is 0 Å². The maximum Gasteiger partial charge on any atom is 0.231 e. The van der Waals surface area contributed by atoms with E-state index in [1.54, 1.807) is 0 Å². The minimum absolute atomic E-state index is 0.147. The van der Waals surface area contributed by atoms with Crippen LogP contribution in [0.1, 0.15) is 56.1 Å². The zero-order valence-corrected chi connectivity index (χ0v) is 17.0. The van der Waals surface area contributed by atoms with Crippen molar-refractivity contribution in [2.24, 2.45) is 0 Å². The van der Waals surface area contributed by atoms with Crippen molar-refractivity contribution >= 4 is 11.6 Å². The lowest BCUT2D eigenvalue weighted by molar-refractivity contribution is 0.174. The van der Waals surface area contributed by atoms with Crippen molar-refractivity contribution in [3.8, 4) is 11.5 Å². The molecule has 5 rings (SSSR count). The Balaban J connectivity index is 1.41. The van der Waals surface area contributed by atoms with E-state index in [1.807, 2.05) is 12.1 Å². The average Bonchev–Trinajstić information content (AvgIpc) is 3.44. The minimum atomic E-state index is 0.147. The molecule has 3 aliphatic rings. The summed E-state index contributed by atoms with van der Waals surface area (Å²) in [5, 5.41) is 4.78. The highest BCUT2D eigenvalue weighted by Crippen LogP contribution is 2.45. The van der Waals surface area contributed by atoms with E-state index in [9.17, 15) is 0 Å². The summed E-state index contributed by atoms with van der Waals surface area (Å²) >= 11 is 6.19. The summed E-state index contributed by atoms with van der Waals surface area (Å²) in [4.78, 5) is 0. The molecule has 0 aromatic heterocycles. The van der Waals surface area contributed by atoms with Gasteiger partial charge in [-0.1, -0.05) is 42.6 Å². The summed E-state index contributed by atoms with van der Waals surface area (Å²) < 4.78 is 11.1. The maximum absolute atomic E-state index is 6.19. The van der Waals surface area contributed by atoms with Crippen molar-refractivity contribution in [1.29, 1.82) is 0 Å². The molecule has 28 heavy (non-hydrogen) atoms. The third-order valence-corrected chi connectivity index (χ3v) is 7.12. The highest BCUT2D eigenvalue weighted by atomic mass is 35.5. The van der Waals surface area contributed by atoms with E-state index in [0.717, 1.165) is 29.0 Å². The van der Waals surface area contributed by atoms with Gasteiger partial charge in [0, 0.05) is 22.5 Å². The van der Waals surface area contributed by atoms with E-state index in [4.69, 9.17) is 21.1 Å². The lowest BCUT2D eigenvalue weighted by atomic mass is 9.74. The van der Waals surface area contributed by atoms with Crippen LogP contribution in [0.15, 0.2) is 42.5 Å². The lowest BCUT2D eigenvalue weighted by Gasteiger charge is -2.31. The molecule has 2 unspecified atom stereocenters. The van der Waals surface area contributed by atoms with Crippen molar-refractivity contribution in [2.45, 2.75) is 68.9 Å². The first-order valence-corrected chi connectivity index (χ1v) is 11.0. The van der Waals surface area contributed by atoms with Gasteiger partial charge < -0.3 is 14.8 Å². The molecule has 2 atom stereocenters. The molecule has 2 aliphatic carbocycles. The second-order valence-electron chi connectivity index (χ2n) is 8.74. The Labute approximate surface area is 172 Å². The van der Waals surface area contributed by atoms with Gasteiger partial charge in [0.1, 0.15) is 0 Å². The maximum atomic E-state index is 6.19. The third-order valence-electron chi connectivity index (χ3n) is 6.87. The number of nitrogens with one attached hydrogen (secondary N) is 1. The monoisotopic (exact) mass is 397 g/mol. The highest BCUT2D eigenvalue weighted by molar-refractivity contribution is 6.30. The fourth-order valence-electron chi connectivity index (χ4n) is 5.46. The van der Waals surface area contributed by atoms with Crippen LogP contribution < -0.4 is 14.8 Å². The summed E-state index contributed by atoms with van der Waals surface area (Å²) in [5.41, 5.74) is 2.88. The van der Waals surface area contributed by atoms with Crippen LogP contribution in [0.2, 0.25) is 5.02 Å². The predicted octanol–water partition coefficient (Wildman–Crippen LogP) is 5.63. The van der Waals surface area contributed by atoms with Crippen LogP contribution >= 0.6 is 11.6 Å². The summed E-state index contributed by atoms with van der Waals surface area (Å²) in [6.07, 6.45) is 10.1. The van der Waals surface area contributed by atoms with E-state index in [0.29, 0.717) is 12.8 Å². The lowest BCUT2D eigenvalue weighted by Crippen LogP contribution is -2.37. The standard InChI is InChI=1S/C24H28ClNO2/c25-19-8-6-18(7-9-19)24(12-11-21(15-24)26-20-3-1-2-4-20)14-17-5-10-22-23(13-17)28-16-27-22/h5-10,13,20-21,26H,1-4,11-12,14-16H2. The fraction of sp³-hybridized carbons (Fsp3) is 0.500. The molecule has 2 aromatic carbocycles. The Morgan fingerprint density at radius 1 is 0.929 bits per heavy atom. The molecule has 2 fully saturated rings. The van der Waals surface area contributed by atoms with Crippen LogP contribution in [-0.4, -0.2) is 18.9 Å². The number of hydrogen-bond acceptors (Lipinski definition) is 3. The van der Waals surface area contributed by atoms with E-state index in [1.165, 1.54) is 56.1 Å². The smallest absolute Gasteiger partial charge is 0.231 e. The minimum Gasteiger partial charge on any atom is -0.454 e. The summed E-state index contributed by atoms with van der Waals surface area (Å²) in [6, 6.07) is 16.3. The Kier molecular flexibility index (Phi) is 4.98. The van der Waals surface area contributed by atoms with Gasteiger partial charge in [0.25, 0.3) is 0 Å². The van der Waals surface area contributed by atoms with Gasteiger partial charge in [-0.2, -0.15) is 0 Å². The summed E-state index contributed by atoms with van der Waals surface area (Å²) in [6.45, 7) is 0.328. The van der Waals surface area contributed by atoms with Gasteiger partial charge in [0.05, 0.1) is 0 Å². The van der Waals surface area contributed by atoms with Crippen molar-refractivity contribution in [1.82, 2.24) is 5.32 Å². The Morgan fingerprint density at radius 3 is 2.54 bits per heavy atom. The highest BCUT2D eigenvalue weighted by Gasteiger charge is 2.41. The molecule has 148 valence electrons. The van der Waals surface area contributed by atoms with E-state index in [-0.39, 0.29) is 5.41 Å². The molecule has 0 saturated heterocycles. The fourth-order valence-corrected chi connectivity index (χ4v) is 5.59. The summed E-state index contributed by atoms with van der Waals surface area (Å²) in [7, 11) is 0. The third kappa shape index (κ3) is 3.62. The van der Waals surface area contributed by atoms with E-state index < -0.39 is 0 Å². The van der Waals surface area contributed by atoms with Gasteiger partial charge in [0.2, 0.25) is 6.79 Å². The van der Waals surface area contributed by atoms with Crippen LogP contribution in [0.3, 0.4) is 0 Å². The molecule has 1 aliphatic heterocycles. The quantitative estimate of drug-likeness (QED) is 0.708. The first kappa shape index (κ1) is 18.3. The molecule has 2 saturated carbocycles. The first-order chi connectivity index (χ1) is 13.7. The van der Waals surface area contributed by atoms with Crippen molar-refractivity contribution < 1.29 is 9.47 Å². The van der Waals surface area contributed by atoms with Gasteiger partial charge in [-0.15, -0.1) is 0 Å². The molecule has 4 heteroatoms. The molecule has 1 N–H and O–H groups in total. The molecule has 3 nitrogen and oxygen atoms in total. The van der Waals surface area contributed by atoms with Crippen LogP contribution in [0.25, 0.3) is 0 Å². The van der Waals surface area contributed by atoms with Crippen molar-refractivity contribution in [2.75, 3.05) is 6.79 Å². The number of halogens is 1. The molecule has 0 spiro atoms. The second-order valence-corrected chi connectivity index (χ2v) is 9.18. The molecular formula is C24H28ClNO2. The number of rotatable bonds is 5. The number of fused-ring (bicyclic) bond motifs is 1. The normalized spacial score (nSPS) is 26.8. The molecule has 0 bridgehead atoms. The zero-order valence-electron chi connectivity index (χ0n) is 16.3. The number of ether oxygens (including phenoxy) is 2. The molecular weight excluding hydrogens is 370 g/mol. The summed E-state index contributed by atoms with van der Waals surface area (Å²) in [5.74, 6) is 1.74. The molecule has 0 radical (unpaired) electrons. The van der Waals surface area contributed by atoms with Gasteiger partial charge in [0.15, 0.2) is 11.5 Å². The molecule has 1 heterocycles. The van der Waals surface area contributed by atoms with Gasteiger partial charge in [-0.25, -0.2) is 0 Å². The predicted molar refractivity (Wildman–Crippen MR) is 112 cm³/mol. The average molecular weight is 398 g/mol. The van der Waals surface area contributed by atoms with Crippen molar-refractivity contribution in [3.05, 3.63) is 58.6 Å². The molecule has 0 amide bonds. The van der Waals surface area contributed by atoms with Gasteiger partial charge in [-0.05, 0) is 73.9 Å². The van der Waals surface area contributed by atoms with E-state index >= 15 is 0 Å². The topological polar surface area (TPSA) is 30.5 Å². The van der Waals surface area contributed by atoms with Crippen LogP contribution in [-0.2, 0) is 11.8 Å². The molecule has 2 aromatic rings. The van der Waals surface area contributed by atoms with Gasteiger partial charge >= 0.3 is 0 Å². The number of hydrogen-bond donors (Lipinski definition) is 1. The van der Waals surface area contributed by atoms with E-state index in [2.05, 4.69) is 35.6 Å². The first-order valence-electron chi connectivity index (χ1n) is 10.6. The number of benzene rings is 2. The second kappa shape index (κ2) is 7.61. The van der Waals surface area contributed by atoms with Crippen molar-refractivity contribution in [3.63, 3.8) is 0 Å². The van der Waals surface area contributed by atoms with Crippen LogP contribution in [0.5, 0.6) is 11.5 Å². The largest absolute Gasteiger partial charge is 0.454 e. The van der Waals surface area contributed by atoms with Gasteiger partial charge in [-0.3, -0.25) is 0 Å². The SMILES string of the molecule is Clc1ccc(C2(Cc3ccc4c(c3)OCO4)CCC(NC3CCCC3)C2)cc1.